The van der Waals surface area contributed by atoms with Crippen molar-refractivity contribution in [2.75, 3.05) is 23.3 Å². The number of rotatable bonds is 4. The molecule has 1 saturated heterocycles. The van der Waals surface area contributed by atoms with Gasteiger partial charge in [-0.2, -0.15) is 5.10 Å². The summed E-state index contributed by atoms with van der Waals surface area (Å²) in [6.07, 6.45) is 6.18. The highest BCUT2D eigenvalue weighted by molar-refractivity contribution is 5.49. The topological polar surface area (TPSA) is 71.8 Å². The molecule has 0 aromatic carbocycles. The smallest absolute Gasteiger partial charge is 0.153 e. The van der Waals surface area contributed by atoms with Crippen LogP contribution in [0.15, 0.2) is 12.4 Å². The van der Waals surface area contributed by atoms with Crippen LogP contribution in [0.5, 0.6) is 0 Å². The number of hydrogen-bond donors (Lipinski definition) is 1. The monoisotopic (exact) mass is 327 g/mol. The maximum atomic E-state index is 4.65. The SMILES string of the molecule is CC(C)c1nc2n(n1)C[C@H](Nc1cc(N3CCCC3)ncn1)CC2. The van der Waals surface area contributed by atoms with Gasteiger partial charge in [0.05, 0.1) is 6.54 Å². The first kappa shape index (κ1) is 15.4. The van der Waals surface area contributed by atoms with Gasteiger partial charge in [-0.1, -0.05) is 13.8 Å². The van der Waals surface area contributed by atoms with Crippen molar-refractivity contribution in [1.82, 2.24) is 24.7 Å². The van der Waals surface area contributed by atoms with Crippen LogP contribution in [0.3, 0.4) is 0 Å². The van der Waals surface area contributed by atoms with Crippen molar-refractivity contribution >= 4 is 11.6 Å². The van der Waals surface area contributed by atoms with Gasteiger partial charge in [0.25, 0.3) is 0 Å². The Labute approximate surface area is 142 Å². The Morgan fingerprint density at radius 2 is 2.04 bits per heavy atom. The summed E-state index contributed by atoms with van der Waals surface area (Å²) in [4.78, 5) is 15.8. The first-order chi connectivity index (χ1) is 11.7. The Morgan fingerprint density at radius 3 is 2.83 bits per heavy atom. The fraction of sp³-hybridized carbons (Fsp3) is 0.647. The van der Waals surface area contributed by atoms with Gasteiger partial charge in [0, 0.05) is 37.5 Å². The van der Waals surface area contributed by atoms with E-state index in [1.807, 2.05) is 0 Å². The minimum atomic E-state index is 0.334. The lowest BCUT2D eigenvalue weighted by Gasteiger charge is -2.24. The Kier molecular flexibility index (Phi) is 4.08. The van der Waals surface area contributed by atoms with E-state index in [1.165, 1.54) is 12.8 Å². The van der Waals surface area contributed by atoms with Gasteiger partial charge in [-0.15, -0.1) is 0 Å². The second kappa shape index (κ2) is 6.37. The quantitative estimate of drug-likeness (QED) is 0.928. The molecule has 2 aromatic rings. The minimum absolute atomic E-state index is 0.334. The molecule has 2 aliphatic heterocycles. The van der Waals surface area contributed by atoms with E-state index >= 15 is 0 Å². The van der Waals surface area contributed by atoms with Crippen LogP contribution >= 0.6 is 0 Å². The zero-order valence-electron chi connectivity index (χ0n) is 14.4. The van der Waals surface area contributed by atoms with E-state index < -0.39 is 0 Å². The van der Waals surface area contributed by atoms with Gasteiger partial charge >= 0.3 is 0 Å². The van der Waals surface area contributed by atoms with Gasteiger partial charge in [0.2, 0.25) is 0 Å². The van der Waals surface area contributed by atoms with E-state index in [0.29, 0.717) is 12.0 Å². The van der Waals surface area contributed by atoms with Gasteiger partial charge in [0.15, 0.2) is 5.82 Å². The van der Waals surface area contributed by atoms with Crippen molar-refractivity contribution in [3.8, 4) is 0 Å². The molecule has 0 spiro atoms. The Morgan fingerprint density at radius 1 is 1.21 bits per heavy atom. The molecule has 0 amide bonds. The Balaban J connectivity index is 1.45. The lowest BCUT2D eigenvalue weighted by Crippen LogP contribution is -2.32. The molecule has 0 unspecified atom stereocenters. The highest BCUT2D eigenvalue weighted by atomic mass is 15.4. The van der Waals surface area contributed by atoms with Crippen LogP contribution in [-0.4, -0.2) is 43.9 Å². The Bertz CT molecular complexity index is 703. The minimum Gasteiger partial charge on any atom is -0.365 e. The average molecular weight is 327 g/mol. The van der Waals surface area contributed by atoms with E-state index in [1.54, 1.807) is 6.33 Å². The summed E-state index contributed by atoms with van der Waals surface area (Å²) in [5, 5.41) is 8.20. The van der Waals surface area contributed by atoms with Gasteiger partial charge in [-0.25, -0.2) is 19.6 Å². The summed E-state index contributed by atoms with van der Waals surface area (Å²) in [5.74, 6) is 4.37. The molecule has 2 aliphatic rings. The van der Waals surface area contributed by atoms with Crippen molar-refractivity contribution in [3.05, 3.63) is 24.0 Å². The summed E-state index contributed by atoms with van der Waals surface area (Å²) in [6, 6.07) is 2.40. The molecule has 7 nitrogen and oxygen atoms in total. The normalized spacial score (nSPS) is 20.5. The van der Waals surface area contributed by atoms with Crippen molar-refractivity contribution < 1.29 is 0 Å². The predicted octanol–water partition coefficient (Wildman–Crippen LogP) is 2.22. The van der Waals surface area contributed by atoms with Gasteiger partial charge in [0.1, 0.15) is 23.8 Å². The van der Waals surface area contributed by atoms with Crippen LogP contribution in [-0.2, 0) is 13.0 Å². The third kappa shape index (κ3) is 3.07. The van der Waals surface area contributed by atoms with Crippen LogP contribution in [0, 0.1) is 0 Å². The van der Waals surface area contributed by atoms with E-state index in [9.17, 15) is 0 Å². The van der Waals surface area contributed by atoms with Crippen LogP contribution in [0.2, 0.25) is 0 Å². The van der Waals surface area contributed by atoms with E-state index in [4.69, 9.17) is 0 Å². The standard InChI is InChI=1S/C17H25N7/c1-12(2)17-21-15-6-5-13(10-24(15)22-17)20-14-9-16(19-11-18-14)23-7-3-4-8-23/h9,11-13H,3-8,10H2,1-2H3,(H,18,19,20)/t13-/m1/s1. The molecule has 0 bridgehead atoms. The highest BCUT2D eigenvalue weighted by Crippen LogP contribution is 2.22. The summed E-state index contributed by atoms with van der Waals surface area (Å²) in [5.41, 5.74) is 0. The molecule has 2 aromatic heterocycles. The number of anilines is 2. The molecule has 4 heterocycles. The molecule has 4 rings (SSSR count). The number of nitrogens with zero attached hydrogens (tertiary/aromatic N) is 6. The lowest BCUT2D eigenvalue weighted by atomic mass is 10.1. The number of aromatic nitrogens is 5. The summed E-state index contributed by atoms with van der Waals surface area (Å²) in [7, 11) is 0. The molecule has 1 fully saturated rings. The molecule has 0 saturated carbocycles. The van der Waals surface area contributed by atoms with Crippen LogP contribution < -0.4 is 10.2 Å². The van der Waals surface area contributed by atoms with Gasteiger partial charge in [-0.3, -0.25) is 0 Å². The zero-order valence-corrected chi connectivity index (χ0v) is 14.4. The number of aryl methyl sites for hydroxylation is 1. The first-order valence-electron chi connectivity index (χ1n) is 8.96. The lowest BCUT2D eigenvalue weighted by molar-refractivity contribution is 0.439. The molecule has 0 aliphatic carbocycles. The third-order valence-corrected chi connectivity index (χ3v) is 4.83. The van der Waals surface area contributed by atoms with Crippen LogP contribution in [0.4, 0.5) is 11.6 Å². The second-order valence-electron chi connectivity index (χ2n) is 7.06. The molecule has 1 atom stereocenters. The van der Waals surface area contributed by atoms with E-state index in [0.717, 1.165) is 55.8 Å². The third-order valence-electron chi connectivity index (χ3n) is 4.83. The molecule has 24 heavy (non-hydrogen) atoms. The van der Waals surface area contributed by atoms with Crippen LogP contribution in [0.25, 0.3) is 0 Å². The first-order valence-corrected chi connectivity index (χ1v) is 8.96. The van der Waals surface area contributed by atoms with E-state index in [-0.39, 0.29) is 0 Å². The van der Waals surface area contributed by atoms with Gasteiger partial charge < -0.3 is 10.2 Å². The number of hydrogen-bond acceptors (Lipinski definition) is 6. The fourth-order valence-electron chi connectivity index (χ4n) is 3.44. The molecule has 7 heteroatoms. The summed E-state index contributed by atoms with van der Waals surface area (Å²) in [6.45, 7) is 7.31. The van der Waals surface area contributed by atoms with Crippen molar-refractivity contribution in [3.63, 3.8) is 0 Å². The highest BCUT2D eigenvalue weighted by Gasteiger charge is 2.23. The van der Waals surface area contributed by atoms with E-state index in [2.05, 4.69) is 54.9 Å². The second-order valence-corrected chi connectivity index (χ2v) is 7.06. The predicted molar refractivity (Wildman–Crippen MR) is 93.3 cm³/mol. The molecule has 0 radical (unpaired) electrons. The van der Waals surface area contributed by atoms with Crippen molar-refractivity contribution in [2.45, 2.75) is 58.0 Å². The maximum Gasteiger partial charge on any atom is 0.153 e. The fourth-order valence-corrected chi connectivity index (χ4v) is 3.44. The molecule has 128 valence electrons. The van der Waals surface area contributed by atoms with Crippen molar-refractivity contribution in [1.29, 1.82) is 0 Å². The summed E-state index contributed by atoms with van der Waals surface area (Å²) < 4.78 is 2.05. The van der Waals surface area contributed by atoms with Crippen molar-refractivity contribution in [2.24, 2.45) is 0 Å². The average Bonchev–Trinajstić information content (AvgIpc) is 3.24. The van der Waals surface area contributed by atoms with Gasteiger partial charge in [-0.05, 0) is 19.3 Å². The maximum absolute atomic E-state index is 4.65. The Hall–Kier alpha value is -2.18. The largest absolute Gasteiger partial charge is 0.365 e. The molecule has 1 N–H and O–H groups in total. The summed E-state index contributed by atoms with van der Waals surface area (Å²) >= 11 is 0. The van der Waals surface area contributed by atoms with Crippen LogP contribution in [0.1, 0.15) is 50.7 Å². The zero-order chi connectivity index (χ0) is 16.5. The number of nitrogens with one attached hydrogen (secondary N) is 1. The molecular weight excluding hydrogens is 302 g/mol. The number of fused-ring (bicyclic) bond motifs is 1. The molecular formula is C17H25N7.